The maximum Gasteiger partial charge on any atom is 0.111 e. The van der Waals surface area contributed by atoms with Crippen LogP contribution in [0.2, 0.25) is 0 Å². The largest absolute Gasteiger partial charge is 0.389 e. The standard InChI is InChI=1S/C6H9BrO3/c7-3-1-2-4(8)6(10)5(3)9/h1-6,8-10H/t3-,4+,5-,6-/m0/s1. The van der Waals surface area contributed by atoms with Gasteiger partial charge in [-0.1, -0.05) is 28.1 Å². The first-order chi connectivity index (χ1) is 4.63. The smallest absolute Gasteiger partial charge is 0.111 e. The summed E-state index contributed by atoms with van der Waals surface area (Å²) in [5.74, 6) is 0. The van der Waals surface area contributed by atoms with Crippen molar-refractivity contribution in [1.82, 2.24) is 0 Å². The third-order valence-corrected chi connectivity index (χ3v) is 2.37. The van der Waals surface area contributed by atoms with Crippen molar-refractivity contribution in [2.75, 3.05) is 0 Å². The molecular weight excluding hydrogens is 200 g/mol. The number of hydrogen-bond acceptors (Lipinski definition) is 3. The number of hydrogen-bond donors (Lipinski definition) is 3. The van der Waals surface area contributed by atoms with Gasteiger partial charge in [0.15, 0.2) is 0 Å². The molecule has 58 valence electrons. The summed E-state index contributed by atoms with van der Waals surface area (Å²) in [4.78, 5) is -0.258. The molecule has 0 aliphatic heterocycles. The molecule has 3 N–H and O–H groups in total. The molecule has 10 heavy (non-hydrogen) atoms. The maximum atomic E-state index is 9.11. The molecule has 0 heterocycles. The van der Waals surface area contributed by atoms with E-state index in [0.717, 1.165) is 0 Å². The third kappa shape index (κ3) is 1.40. The lowest BCUT2D eigenvalue weighted by atomic mass is 9.99. The highest BCUT2D eigenvalue weighted by Gasteiger charge is 2.30. The zero-order valence-corrected chi connectivity index (χ0v) is 6.77. The van der Waals surface area contributed by atoms with Crippen LogP contribution in [0.15, 0.2) is 12.2 Å². The summed E-state index contributed by atoms with van der Waals surface area (Å²) in [5.41, 5.74) is 0. The quantitative estimate of drug-likeness (QED) is 0.369. The van der Waals surface area contributed by atoms with Crippen molar-refractivity contribution in [3.8, 4) is 0 Å². The summed E-state index contributed by atoms with van der Waals surface area (Å²) in [5, 5.41) is 27.1. The molecule has 0 aromatic heterocycles. The zero-order valence-electron chi connectivity index (χ0n) is 5.18. The Morgan fingerprint density at radius 2 is 1.60 bits per heavy atom. The molecule has 0 amide bonds. The summed E-state index contributed by atoms with van der Waals surface area (Å²) in [6.07, 6.45) is 0.136. The second kappa shape index (κ2) is 3.00. The van der Waals surface area contributed by atoms with Gasteiger partial charge in [0.1, 0.15) is 12.2 Å². The SMILES string of the molecule is O[C@@H]1[C@@H](O)[C@@H](Br)C=C[C@H]1O. The van der Waals surface area contributed by atoms with Crippen LogP contribution in [0.4, 0.5) is 0 Å². The van der Waals surface area contributed by atoms with Crippen molar-refractivity contribution in [3.63, 3.8) is 0 Å². The molecule has 1 aliphatic rings. The Labute approximate surface area is 67.1 Å². The first kappa shape index (κ1) is 8.20. The summed E-state index contributed by atoms with van der Waals surface area (Å²) in [7, 11) is 0. The number of alkyl halides is 1. The lowest BCUT2D eigenvalue weighted by Gasteiger charge is -2.27. The Morgan fingerprint density at radius 3 is 2.10 bits per heavy atom. The predicted molar refractivity (Wildman–Crippen MR) is 39.9 cm³/mol. The highest BCUT2D eigenvalue weighted by atomic mass is 79.9. The second-order valence-corrected chi connectivity index (χ2v) is 3.36. The first-order valence-electron chi connectivity index (χ1n) is 2.99. The van der Waals surface area contributed by atoms with Gasteiger partial charge in [-0.05, 0) is 0 Å². The van der Waals surface area contributed by atoms with Crippen molar-refractivity contribution in [2.24, 2.45) is 0 Å². The van der Waals surface area contributed by atoms with Crippen LogP contribution < -0.4 is 0 Å². The normalized spacial score (nSPS) is 47.6. The molecule has 0 radical (unpaired) electrons. The zero-order chi connectivity index (χ0) is 7.72. The van der Waals surface area contributed by atoms with Crippen LogP contribution in [0.1, 0.15) is 0 Å². The topological polar surface area (TPSA) is 60.7 Å². The van der Waals surface area contributed by atoms with Crippen LogP contribution in [0.3, 0.4) is 0 Å². The van der Waals surface area contributed by atoms with Gasteiger partial charge in [-0.25, -0.2) is 0 Å². The molecule has 0 saturated heterocycles. The van der Waals surface area contributed by atoms with Gasteiger partial charge >= 0.3 is 0 Å². The van der Waals surface area contributed by atoms with Crippen molar-refractivity contribution < 1.29 is 15.3 Å². The van der Waals surface area contributed by atoms with E-state index in [2.05, 4.69) is 15.9 Å². The van der Waals surface area contributed by atoms with Gasteiger partial charge in [0.05, 0.1) is 10.9 Å². The number of aliphatic hydroxyl groups excluding tert-OH is 3. The molecule has 0 unspecified atom stereocenters. The average Bonchev–Trinajstić information content (AvgIpc) is 1.93. The van der Waals surface area contributed by atoms with E-state index in [1.807, 2.05) is 0 Å². The van der Waals surface area contributed by atoms with Crippen LogP contribution in [0.5, 0.6) is 0 Å². The van der Waals surface area contributed by atoms with E-state index >= 15 is 0 Å². The van der Waals surface area contributed by atoms with E-state index in [0.29, 0.717) is 0 Å². The van der Waals surface area contributed by atoms with Gasteiger partial charge < -0.3 is 15.3 Å². The highest BCUT2D eigenvalue weighted by molar-refractivity contribution is 9.09. The monoisotopic (exact) mass is 208 g/mol. The Balaban J connectivity index is 2.69. The minimum atomic E-state index is -1.07. The maximum absolute atomic E-state index is 9.11. The van der Waals surface area contributed by atoms with Gasteiger partial charge in [0, 0.05) is 0 Å². The lowest BCUT2D eigenvalue weighted by molar-refractivity contribution is -0.0422. The van der Waals surface area contributed by atoms with E-state index in [1.165, 1.54) is 6.08 Å². The molecule has 0 fully saturated rings. The third-order valence-electron chi connectivity index (χ3n) is 1.52. The second-order valence-electron chi connectivity index (χ2n) is 2.30. The number of halogens is 1. The Bertz CT molecular complexity index is 132. The lowest BCUT2D eigenvalue weighted by Crippen LogP contribution is -2.43. The average molecular weight is 209 g/mol. The fourth-order valence-electron chi connectivity index (χ4n) is 0.838. The number of rotatable bonds is 0. The summed E-state index contributed by atoms with van der Waals surface area (Å²) in [6.45, 7) is 0. The molecule has 4 atom stereocenters. The molecule has 1 aliphatic carbocycles. The molecule has 0 aromatic rings. The Kier molecular flexibility index (Phi) is 2.46. The molecule has 3 nitrogen and oxygen atoms in total. The van der Waals surface area contributed by atoms with Gasteiger partial charge in [-0.15, -0.1) is 0 Å². The minimum absolute atomic E-state index is 0.258. The number of aliphatic hydroxyl groups is 3. The van der Waals surface area contributed by atoms with Crippen LogP contribution >= 0.6 is 15.9 Å². The van der Waals surface area contributed by atoms with Gasteiger partial charge in [-0.2, -0.15) is 0 Å². The molecule has 0 saturated carbocycles. The molecule has 0 aromatic carbocycles. The molecular formula is C6H9BrO3. The summed E-state index contributed by atoms with van der Waals surface area (Å²) < 4.78 is 0. The van der Waals surface area contributed by atoms with Crippen molar-refractivity contribution in [2.45, 2.75) is 23.1 Å². The predicted octanol–water partition coefficient (Wildman–Crippen LogP) is -0.598. The highest BCUT2D eigenvalue weighted by Crippen LogP contribution is 2.19. The van der Waals surface area contributed by atoms with Crippen LogP contribution in [-0.2, 0) is 0 Å². The Morgan fingerprint density at radius 1 is 1.00 bits per heavy atom. The minimum Gasteiger partial charge on any atom is -0.389 e. The first-order valence-corrected chi connectivity index (χ1v) is 3.91. The van der Waals surface area contributed by atoms with Crippen molar-refractivity contribution >= 4 is 15.9 Å². The molecule has 4 heteroatoms. The van der Waals surface area contributed by atoms with Gasteiger partial charge in [-0.3, -0.25) is 0 Å². The molecule has 0 spiro atoms. The summed E-state index contributed by atoms with van der Waals surface area (Å²) in [6, 6.07) is 0. The van der Waals surface area contributed by atoms with Crippen molar-refractivity contribution in [3.05, 3.63) is 12.2 Å². The van der Waals surface area contributed by atoms with E-state index in [4.69, 9.17) is 15.3 Å². The van der Waals surface area contributed by atoms with E-state index < -0.39 is 18.3 Å². The van der Waals surface area contributed by atoms with Crippen LogP contribution in [0, 0.1) is 0 Å². The fraction of sp³-hybridized carbons (Fsp3) is 0.667. The fourth-order valence-corrected chi connectivity index (χ4v) is 1.33. The van der Waals surface area contributed by atoms with E-state index in [1.54, 1.807) is 6.08 Å². The van der Waals surface area contributed by atoms with Gasteiger partial charge in [0.2, 0.25) is 0 Å². The van der Waals surface area contributed by atoms with Crippen molar-refractivity contribution in [1.29, 1.82) is 0 Å². The van der Waals surface area contributed by atoms with E-state index in [-0.39, 0.29) is 4.83 Å². The molecule has 1 rings (SSSR count). The van der Waals surface area contributed by atoms with Crippen LogP contribution in [0.25, 0.3) is 0 Å². The van der Waals surface area contributed by atoms with Crippen LogP contribution in [-0.4, -0.2) is 38.5 Å². The molecule has 0 bridgehead atoms. The Hall–Kier alpha value is 0.1000. The van der Waals surface area contributed by atoms with E-state index in [9.17, 15) is 0 Å². The van der Waals surface area contributed by atoms with Gasteiger partial charge in [0.25, 0.3) is 0 Å². The summed E-state index contributed by atoms with van der Waals surface area (Å²) >= 11 is 3.11.